The molecule has 9 heteroatoms. The fraction of sp³-hybridized carbons (Fsp3) is 0.368. The number of carboxylic acids is 1. The smallest absolute Gasteiger partial charge is 0.343 e. The van der Waals surface area contributed by atoms with Crippen LogP contribution in [-0.4, -0.2) is 49.5 Å². The molecule has 3 rings (SSSR count). The van der Waals surface area contributed by atoms with Crippen LogP contribution in [0, 0.1) is 6.92 Å². The van der Waals surface area contributed by atoms with E-state index in [-0.39, 0.29) is 23.2 Å². The summed E-state index contributed by atoms with van der Waals surface area (Å²) in [4.78, 5) is 16.3. The molecule has 0 bridgehead atoms. The number of benzene rings is 1. The molecule has 8 nitrogen and oxygen atoms in total. The molecule has 0 spiro atoms. The number of methoxy groups -OCH3 is 2. The van der Waals surface area contributed by atoms with Crippen molar-refractivity contribution < 1.29 is 28.8 Å². The summed E-state index contributed by atoms with van der Waals surface area (Å²) in [5.74, 6) is -0.473. The van der Waals surface area contributed by atoms with Crippen molar-refractivity contribution in [3.05, 3.63) is 34.5 Å². The number of pyridine rings is 1. The van der Waals surface area contributed by atoms with Crippen molar-refractivity contribution in [3.63, 3.8) is 0 Å². The van der Waals surface area contributed by atoms with Gasteiger partial charge in [0.25, 0.3) is 0 Å². The van der Waals surface area contributed by atoms with Crippen molar-refractivity contribution in [1.82, 2.24) is 4.98 Å². The van der Waals surface area contributed by atoms with E-state index in [1.807, 2.05) is 0 Å². The highest BCUT2D eigenvalue weighted by Gasteiger charge is 2.26. The van der Waals surface area contributed by atoms with Crippen molar-refractivity contribution in [3.8, 4) is 23.1 Å². The predicted octanol–water partition coefficient (Wildman–Crippen LogP) is 3.75. The molecule has 1 aliphatic rings. The summed E-state index contributed by atoms with van der Waals surface area (Å²) in [5.41, 5.74) is 0.919. The Hall–Kier alpha value is -2.71. The fourth-order valence-electron chi connectivity index (χ4n) is 2.95. The van der Waals surface area contributed by atoms with Crippen LogP contribution in [0.2, 0.25) is 5.02 Å². The molecule has 2 N–H and O–H groups in total. The number of anilines is 1. The quantitative estimate of drug-likeness (QED) is 0.714. The summed E-state index contributed by atoms with van der Waals surface area (Å²) in [6.45, 7) is 2.90. The maximum atomic E-state index is 12.0. The van der Waals surface area contributed by atoms with Crippen molar-refractivity contribution >= 4 is 23.3 Å². The van der Waals surface area contributed by atoms with Gasteiger partial charge in [0, 0.05) is 29.5 Å². The Labute approximate surface area is 167 Å². The standard InChI is InChI=1S/C19H21ClN2O6/c1-10-6-13(22-12-4-5-27-9-12)16(19(23)24)18(21-10)28-17-14(25-2)7-11(20)8-15(17)26-3/h6-8,12H,4-5,9H2,1-3H3,(H,21,22)(H,23,24). The SMILES string of the molecule is COc1cc(Cl)cc(OC)c1Oc1nc(C)cc(NC2CCOC2)c1C(=O)O. The van der Waals surface area contributed by atoms with E-state index in [0.29, 0.717) is 41.1 Å². The third-order valence-electron chi connectivity index (χ3n) is 4.24. The highest BCUT2D eigenvalue weighted by molar-refractivity contribution is 6.31. The molecule has 1 saturated heterocycles. The number of rotatable bonds is 7. The second-order valence-electron chi connectivity index (χ2n) is 6.24. The molecular formula is C19H21ClN2O6. The van der Waals surface area contributed by atoms with Gasteiger partial charge in [-0.1, -0.05) is 11.6 Å². The minimum atomic E-state index is -1.17. The number of nitrogens with zero attached hydrogens (tertiary/aromatic N) is 1. The lowest BCUT2D eigenvalue weighted by molar-refractivity contribution is 0.0694. The van der Waals surface area contributed by atoms with Crippen molar-refractivity contribution in [2.24, 2.45) is 0 Å². The number of aryl methyl sites for hydroxylation is 1. The summed E-state index contributed by atoms with van der Waals surface area (Å²) >= 11 is 6.06. The van der Waals surface area contributed by atoms with Crippen LogP contribution in [0.4, 0.5) is 5.69 Å². The molecule has 150 valence electrons. The van der Waals surface area contributed by atoms with Gasteiger partial charge in [0.15, 0.2) is 11.5 Å². The second-order valence-corrected chi connectivity index (χ2v) is 6.68. The number of ether oxygens (including phenoxy) is 4. The molecule has 2 aromatic rings. The van der Waals surface area contributed by atoms with Crippen LogP contribution in [-0.2, 0) is 4.74 Å². The van der Waals surface area contributed by atoms with Crippen molar-refractivity contribution in [2.45, 2.75) is 19.4 Å². The molecule has 1 fully saturated rings. The van der Waals surface area contributed by atoms with E-state index >= 15 is 0 Å². The summed E-state index contributed by atoms with van der Waals surface area (Å²) in [5, 5.41) is 13.4. The predicted molar refractivity (Wildman–Crippen MR) is 103 cm³/mol. The molecule has 1 unspecified atom stereocenters. The molecule has 0 aliphatic carbocycles. The Balaban J connectivity index is 2.07. The first-order valence-corrected chi connectivity index (χ1v) is 8.99. The van der Waals surface area contributed by atoms with E-state index < -0.39 is 5.97 Å². The van der Waals surface area contributed by atoms with Gasteiger partial charge in [-0.25, -0.2) is 9.78 Å². The number of nitrogens with one attached hydrogen (secondary N) is 1. The highest BCUT2D eigenvalue weighted by atomic mass is 35.5. The van der Waals surface area contributed by atoms with Crippen LogP contribution >= 0.6 is 11.6 Å². The lowest BCUT2D eigenvalue weighted by Crippen LogP contribution is -2.21. The van der Waals surface area contributed by atoms with E-state index in [4.69, 9.17) is 30.5 Å². The van der Waals surface area contributed by atoms with Gasteiger partial charge in [-0.05, 0) is 19.4 Å². The van der Waals surface area contributed by atoms with Crippen LogP contribution in [0.1, 0.15) is 22.5 Å². The maximum Gasteiger partial charge on any atom is 0.343 e. The lowest BCUT2D eigenvalue weighted by Gasteiger charge is -2.19. The van der Waals surface area contributed by atoms with E-state index in [9.17, 15) is 9.90 Å². The van der Waals surface area contributed by atoms with Gasteiger partial charge in [0.1, 0.15) is 5.56 Å². The zero-order chi connectivity index (χ0) is 20.3. The molecule has 2 heterocycles. The molecule has 0 amide bonds. The number of hydrogen-bond donors (Lipinski definition) is 2. The number of halogens is 1. The zero-order valence-corrected chi connectivity index (χ0v) is 16.5. The van der Waals surface area contributed by atoms with Gasteiger partial charge in [0.2, 0.25) is 11.6 Å². The Kier molecular flexibility index (Phi) is 6.11. The summed E-state index contributed by atoms with van der Waals surface area (Å²) in [7, 11) is 2.90. The van der Waals surface area contributed by atoms with E-state index in [1.165, 1.54) is 14.2 Å². The monoisotopic (exact) mass is 408 g/mol. The molecule has 1 aromatic heterocycles. The first kappa shape index (κ1) is 20.0. The summed E-state index contributed by atoms with van der Waals surface area (Å²) in [6.07, 6.45) is 0.787. The Bertz CT molecular complexity index is 858. The maximum absolute atomic E-state index is 12.0. The number of carbonyl (C=O) groups is 1. The molecule has 0 radical (unpaired) electrons. The highest BCUT2D eigenvalue weighted by Crippen LogP contribution is 2.43. The average molecular weight is 409 g/mol. The Morgan fingerprint density at radius 1 is 1.29 bits per heavy atom. The largest absolute Gasteiger partial charge is 0.493 e. The first-order chi connectivity index (χ1) is 13.4. The number of aromatic nitrogens is 1. The van der Waals surface area contributed by atoms with Gasteiger partial charge in [-0.3, -0.25) is 0 Å². The van der Waals surface area contributed by atoms with Crippen molar-refractivity contribution in [1.29, 1.82) is 0 Å². The fourth-order valence-corrected chi connectivity index (χ4v) is 3.15. The topological polar surface area (TPSA) is 99.1 Å². The summed E-state index contributed by atoms with van der Waals surface area (Å²) < 4.78 is 21.9. The molecule has 1 aliphatic heterocycles. The van der Waals surface area contributed by atoms with Gasteiger partial charge in [0.05, 0.1) is 32.6 Å². The molecule has 1 atom stereocenters. The van der Waals surface area contributed by atoms with Gasteiger partial charge < -0.3 is 29.4 Å². The lowest BCUT2D eigenvalue weighted by atomic mass is 10.1. The van der Waals surface area contributed by atoms with E-state index in [1.54, 1.807) is 25.1 Å². The first-order valence-electron chi connectivity index (χ1n) is 8.61. The van der Waals surface area contributed by atoms with Crippen LogP contribution in [0.25, 0.3) is 0 Å². The Morgan fingerprint density at radius 3 is 2.50 bits per heavy atom. The number of aromatic carboxylic acids is 1. The third kappa shape index (κ3) is 4.23. The average Bonchev–Trinajstić information content (AvgIpc) is 3.15. The Morgan fingerprint density at radius 2 is 1.96 bits per heavy atom. The van der Waals surface area contributed by atoms with E-state index in [2.05, 4.69) is 10.3 Å². The third-order valence-corrected chi connectivity index (χ3v) is 4.46. The molecule has 0 saturated carbocycles. The van der Waals surface area contributed by atoms with Gasteiger partial charge in [-0.15, -0.1) is 0 Å². The zero-order valence-electron chi connectivity index (χ0n) is 15.7. The molecule has 28 heavy (non-hydrogen) atoms. The number of hydrogen-bond acceptors (Lipinski definition) is 7. The minimum Gasteiger partial charge on any atom is -0.493 e. The summed E-state index contributed by atoms with van der Waals surface area (Å²) in [6, 6.07) is 4.78. The minimum absolute atomic E-state index is 0.0207. The van der Waals surface area contributed by atoms with Crippen LogP contribution < -0.4 is 19.5 Å². The molecule has 1 aromatic carbocycles. The van der Waals surface area contributed by atoms with Gasteiger partial charge >= 0.3 is 5.97 Å². The van der Waals surface area contributed by atoms with Crippen LogP contribution in [0.15, 0.2) is 18.2 Å². The normalized spacial score (nSPS) is 15.9. The van der Waals surface area contributed by atoms with Crippen molar-refractivity contribution in [2.75, 3.05) is 32.8 Å². The van der Waals surface area contributed by atoms with Crippen LogP contribution in [0.5, 0.6) is 23.1 Å². The number of carboxylic acid groups (broad SMARTS) is 1. The molecular weight excluding hydrogens is 388 g/mol. The van der Waals surface area contributed by atoms with Crippen LogP contribution in [0.3, 0.4) is 0 Å². The second kappa shape index (κ2) is 8.53. The van der Waals surface area contributed by atoms with Gasteiger partial charge in [-0.2, -0.15) is 0 Å². The van der Waals surface area contributed by atoms with E-state index in [0.717, 1.165) is 6.42 Å².